The zero-order chi connectivity index (χ0) is 11.7. The first-order valence-corrected chi connectivity index (χ1v) is 6.21. The van der Waals surface area contributed by atoms with Crippen molar-refractivity contribution in [2.75, 3.05) is 0 Å². The van der Waals surface area contributed by atoms with Gasteiger partial charge in [0.15, 0.2) is 0 Å². The Hall–Kier alpha value is -1.12. The molecule has 1 N–H and O–H groups in total. The summed E-state index contributed by atoms with van der Waals surface area (Å²) >= 11 is 1.66. The van der Waals surface area contributed by atoms with E-state index < -0.39 is 6.10 Å². The van der Waals surface area contributed by atoms with Crippen molar-refractivity contribution in [3.8, 4) is 0 Å². The lowest BCUT2D eigenvalue weighted by Gasteiger charge is -2.13. The van der Waals surface area contributed by atoms with Crippen LogP contribution >= 0.6 is 11.3 Å². The lowest BCUT2D eigenvalue weighted by atomic mass is 9.98. The summed E-state index contributed by atoms with van der Waals surface area (Å²) in [5, 5.41) is 10.3. The minimum Gasteiger partial charge on any atom is -0.383 e. The van der Waals surface area contributed by atoms with Gasteiger partial charge in [0.2, 0.25) is 0 Å². The quantitative estimate of drug-likeness (QED) is 0.836. The highest BCUT2D eigenvalue weighted by Gasteiger charge is 2.14. The molecule has 16 heavy (non-hydrogen) atoms. The van der Waals surface area contributed by atoms with Gasteiger partial charge < -0.3 is 5.11 Å². The molecule has 0 radical (unpaired) electrons. The van der Waals surface area contributed by atoms with E-state index in [0.29, 0.717) is 0 Å². The molecule has 2 heteroatoms. The largest absolute Gasteiger partial charge is 0.383 e. The molecule has 1 heterocycles. The third-order valence-corrected chi connectivity index (χ3v) is 4.02. The first-order chi connectivity index (χ1) is 7.59. The molecule has 0 fully saturated rings. The smallest absolute Gasteiger partial charge is 0.113 e. The number of hydrogen-bond donors (Lipinski definition) is 1. The monoisotopic (exact) mass is 232 g/mol. The Morgan fingerprint density at radius 2 is 1.81 bits per heavy atom. The Labute approximate surface area is 100 Å². The summed E-state index contributed by atoms with van der Waals surface area (Å²) in [4.78, 5) is 2.26. The summed E-state index contributed by atoms with van der Waals surface area (Å²) in [6, 6.07) is 10.1. The topological polar surface area (TPSA) is 20.2 Å². The fourth-order valence-electron chi connectivity index (χ4n) is 1.82. The number of benzene rings is 1. The van der Waals surface area contributed by atoms with E-state index >= 15 is 0 Å². The molecule has 0 saturated heterocycles. The molecule has 2 rings (SSSR count). The van der Waals surface area contributed by atoms with Crippen LogP contribution in [0.25, 0.3) is 0 Å². The van der Waals surface area contributed by atoms with Crippen molar-refractivity contribution in [3.63, 3.8) is 0 Å². The van der Waals surface area contributed by atoms with Crippen LogP contribution in [0.5, 0.6) is 0 Å². The van der Waals surface area contributed by atoms with Crippen LogP contribution in [0, 0.1) is 20.8 Å². The van der Waals surface area contributed by atoms with E-state index in [9.17, 15) is 5.11 Å². The highest BCUT2D eigenvalue weighted by molar-refractivity contribution is 7.12. The number of aliphatic hydroxyl groups excluding tert-OH is 1. The van der Waals surface area contributed by atoms with Gasteiger partial charge in [-0.25, -0.2) is 0 Å². The maximum absolute atomic E-state index is 10.3. The number of hydrogen-bond acceptors (Lipinski definition) is 2. The molecule has 0 aliphatic carbocycles. The summed E-state index contributed by atoms with van der Waals surface area (Å²) in [7, 11) is 0. The molecular formula is C14H16OS. The summed E-state index contributed by atoms with van der Waals surface area (Å²) in [5.41, 5.74) is 3.42. The fraction of sp³-hybridized carbons (Fsp3) is 0.286. The van der Waals surface area contributed by atoms with Gasteiger partial charge in [-0.1, -0.05) is 18.2 Å². The lowest BCUT2D eigenvalue weighted by molar-refractivity contribution is 0.223. The molecule has 84 valence electrons. The molecule has 1 atom stereocenters. The van der Waals surface area contributed by atoms with Crippen molar-refractivity contribution in [1.29, 1.82) is 0 Å². The molecule has 1 nitrogen and oxygen atoms in total. The Morgan fingerprint density at radius 3 is 2.44 bits per heavy atom. The summed E-state index contributed by atoms with van der Waals surface area (Å²) in [6.07, 6.45) is -0.487. The molecule has 0 bridgehead atoms. The number of aryl methyl sites for hydroxylation is 2. The van der Waals surface area contributed by atoms with Gasteiger partial charge in [-0.05, 0) is 49.6 Å². The molecule has 0 amide bonds. The minimum atomic E-state index is -0.487. The summed E-state index contributed by atoms with van der Waals surface area (Å²) in [5.74, 6) is 0. The van der Waals surface area contributed by atoms with Gasteiger partial charge in [-0.3, -0.25) is 0 Å². The first kappa shape index (κ1) is 11.4. The lowest BCUT2D eigenvalue weighted by Crippen LogP contribution is -2.00. The number of thiophene rings is 1. The van der Waals surface area contributed by atoms with E-state index in [1.807, 2.05) is 24.3 Å². The standard InChI is InChI=1S/C14H16OS/c1-9-5-4-6-12(11(9)3)14(15)13-8-7-10(2)16-13/h4-8,14-15H,1-3H3. The first-order valence-electron chi connectivity index (χ1n) is 5.40. The predicted molar refractivity (Wildman–Crippen MR) is 69.0 cm³/mol. The van der Waals surface area contributed by atoms with Gasteiger partial charge in [0, 0.05) is 9.75 Å². The van der Waals surface area contributed by atoms with Crippen molar-refractivity contribution < 1.29 is 5.11 Å². The Bertz CT molecular complexity index is 499. The maximum Gasteiger partial charge on any atom is 0.113 e. The second-order valence-electron chi connectivity index (χ2n) is 4.14. The molecule has 0 aliphatic rings. The molecule has 0 aliphatic heterocycles. The summed E-state index contributed by atoms with van der Waals surface area (Å²) in [6.45, 7) is 6.20. The van der Waals surface area contributed by atoms with Gasteiger partial charge in [0.25, 0.3) is 0 Å². The number of aliphatic hydroxyl groups is 1. The van der Waals surface area contributed by atoms with Crippen LogP contribution in [-0.2, 0) is 0 Å². The average molecular weight is 232 g/mol. The second kappa shape index (κ2) is 4.40. The highest BCUT2D eigenvalue weighted by Crippen LogP contribution is 2.30. The Kier molecular flexibility index (Phi) is 3.13. The predicted octanol–water partition coefficient (Wildman–Crippen LogP) is 3.76. The molecule has 1 aromatic heterocycles. The van der Waals surface area contributed by atoms with Crippen LogP contribution in [0.2, 0.25) is 0 Å². The second-order valence-corrected chi connectivity index (χ2v) is 5.46. The van der Waals surface area contributed by atoms with Crippen LogP contribution < -0.4 is 0 Å². The molecule has 1 aromatic carbocycles. The molecule has 0 saturated carbocycles. The minimum absolute atomic E-state index is 0.487. The van der Waals surface area contributed by atoms with E-state index in [0.717, 1.165) is 10.4 Å². The average Bonchev–Trinajstić information content (AvgIpc) is 2.68. The van der Waals surface area contributed by atoms with Crippen molar-refractivity contribution in [2.24, 2.45) is 0 Å². The third kappa shape index (κ3) is 2.04. The van der Waals surface area contributed by atoms with Gasteiger partial charge in [-0.15, -0.1) is 11.3 Å². The fourth-order valence-corrected chi connectivity index (χ4v) is 2.71. The van der Waals surface area contributed by atoms with Crippen LogP contribution in [-0.4, -0.2) is 5.11 Å². The van der Waals surface area contributed by atoms with Crippen LogP contribution in [0.3, 0.4) is 0 Å². The van der Waals surface area contributed by atoms with Gasteiger partial charge >= 0.3 is 0 Å². The van der Waals surface area contributed by atoms with E-state index in [-0.39, 0.29) is 0 Å². The maximum atomic E-state index is 10.3. The molecule has 0 spiro atoms. The Morgan fingerprint density at radius 1 is 1.06 bits per heavy atom. The third-order valence-electron chi connectivity index (χ3n) is 2.97. The van der Waals surface area contributed by atoms with E-state index in [4.69, 9.17) is 0 Å². The summed E-state index contributed by atoms with van der Waals surface area (Å²) < 4.78 is 0. The van der Waals surface area contributed by atoms with Gasteiger partial charge in [0.1, 0.15) is 6.10 Å². The zero-order valence-corrected chi connectivity index (χ0v) is 10.6. The van der Waals surface area contributed by atoms with E-state index in [2.05, 4.69) is 26.8 Å². The van der Waals surface area contributed by atoms with Crippen LogP contribution in [0.1, 0.15) is 32.5 Å². The molecule has 1 unspecified atom stereocenters. The van der Waals surface area contributed by atoms with Crippen molar-refractivity contribution in [3.05, 3.63) is 56.8 Å². The van der Waals surface area contributed by atoms with Crippen molar-refractivity contribution in [2.45, 2.75) is 26.9 Å². The normalized spacial score (nSPS) is 12.8. The van der Waals surface area contributed by atoms with Gasteiger partial charge in [-0.2, -0.15) is 0 Å². The zero-order valence-electron chi connectivity index (χ0n) is 9.82. The Balaban J connectivity index is 2.41. The van der Waals surface area contributed by atoms with E-state index in [1.54, 1.807) is 11.3 Å². The van der Waals surface area contributed by atoms with E-state index in [1.165, 1.54) is 16.0 Å². The molecule has 2 aromatic rings. The van der Waals surface area contributed by atoms with Crippen LogP contribution in [0.15, 0.2) is 30.3 Å². The SMILES string of the molecule is Cc1ccc(C(O)c2cccc(C)c2C)s1. The van der Waals surface area contributed by atoms with Crippen molar-refractivity contribution >= 4 is 11.3 Å². The molecular weight excluding hydrogens is 216 g/mol. The van der Waals surface area contributed by atoms with Crippen LogP contribution in [0.4, 0.5) is 0 Å². The van der Waals surface area contributed by atoms with Crippen molar-refractivity contribution in [1.82, 2.24) is 0 Å². The van der Waals surface area contributed by atoms with Gasteiger partial charge in [0.05, 0.1) is 0 Å². The number of rotatable bonds is 2. The highest BCUT2D eigenvalue weighted by atomic mass is 32.1.